The molecule has 0 saturated carbocycles. The molecule has 0 saturated heterocycles. The van der Waals surface area contributed by atoms with Crippen molar-refractivity contribution in [3.05, 3.63) is 24.3 Å². The number of ether oxygens (including phenoxy) is 2. The molecule has 0 aromatic heterocycles. The monoisotopic (exact) mass is 348 g/mol. The van der Waals surface area contributed by atoms with Crippen LogP contribution in [0.1, 0.15) is 12.8 Å². The number of halogens is 2. The van der Waals surface area contributed by atoms with Crippen LogP contribution < -0.4 is 10.6 Å². The number of amides is 2. The van der Waals surface area contributed by atoms with Gasteiger partial charge < -0.3 is 9.47 Å². The van der Waals surface area contributed by atoms with Crippen molar-refractivity contribution in [3.8, 4) is 0 Å². The van der Waals surface area contributed by atoms with Crippen LogP contribution in [0.15, 0.2) is 24.3 Å². The maximum absolute atomic E-state index is 11.4. The molecule has 1 rings (SSSR count). The number of alkyl halides is 2. The van der Waals surface area contributed by atoms with Crippen LogP contribution in [-0.4, -0.2) is 37.2 Å². The summed E-state index contributed by atoms with van der Waals surface area (Å²) in [5, 5.41) is 5.12. The fourth-order valence-electron chi connectivity index (χ4n) is 1.38. The summed E-state index contributed by atoms with van der Waals surface area (Å²) in [4.78, 5) is 22.8. The van der Waals surface area contributed by atoms with Crippen LogP contribution >= 0.6 is 23.2 Å². The highest BCUT2D eigenvalue weighted by Crippen LogP contribution is 2.14. The van der Waals surface area contributed by atoms with Gasteiger partial charge in [0.25, 0.3) is 0 Å². The van der Waals surface area contributed by atoms with E-state index in [9.17, 15) is 9.59 Å². The maximum atomic E-state index is 11.4. The molecular weight excluding hydrogens is 331 g/mol. The van der Waals surface area contributed by atoms with Crippen molar-refractivity contribution in [1.29, 1.82) is 0 Å². The van der Waals surface area contributed by atoms with Crippen molar-refractivity contribution in [2.24, 2.45) is 0 Å². The van der Waals surface area contributed by atoms with Gasteiger partial charge in [0.1, 0.15) is 0 Å². The molecule has 0 unspecified atom stereocenters. The summed E-state index contributed by atoms with van der Waals surface area (Å²) in [6, 6.07) is 6.54. The molecule has 0 bridgehead atoms. The predicted octanol–water partition coefficient (Wildman–Crippen LogP) is 4.04. The van der Waals surface area contributed by atoms with E-state index in [-0.39, 0.29) is 13.2 Å². The molecule has 1 aromatic carbocycles. The van der Waals surface area contributed by atoms with E-state index >= 15 is 0 Å². The summed E-state index contributed by atoms with van der Waals surface area (Å²) in [5.41, 5.74) is 1.11. The molecular formula is C14H18Cl2N2O4. The summed E-state index contributed by atoms with van der Waals surface area (Å²) in [7, 11) is 0. The first kappa shape index (κ1) is 18.4. The number of hydrogen-bond donors (Lipinski definition) is 2. The second-order valence-corrected chi connectivity index (χ2v) is 4.94. The third-order valence-corrected chi connectivity index (χ3v) is 2.93. The van der Waals surface area contributed by atoms with Crippen molar-refractivity contribution in [1.82, 2.24) is 0 Å². The van der Waals surface area contributed by atoms with Crippen LogP contribution in [-0.2, 0) is 9.47 Å². The van der Waals surface area contributed by atoms with Gasteiger partial charge in [0.2, 0.25) is 0 Å². The average molecular weight is 349 g/mol. The summed E-state index contributed by atoms with van der Waals surface area (Å²) in [5.74, 6) is 0.878. The molecule has 22 heavy (non-hydrogen) atoms. The molecule has 1 aromatic rings. The molecule has 0 aliphatic heterocycles. The van der Waals surface area contributed by atoms with Crippen LogP contribution in [0, 0.1) is 0 Å². The summed E-state index contributed by atoms with van der Waals surface area (Å²) >= 11 is 11.0. The molecule has 0 fully saturated rings. The van der Waals surface area contributed by atoms with Crippen LogP contribution in [0.2, 0.25) is 0 Å². The van der Waals surface area contributed by atoms with Gasteiger partial charge in [-0.05, 0) is 37.1 Å². The van der Waals surface area contributed by atoms with E-state index in [1.807, 2.05) is 0 Å². The predicted molar refractivity (Wildman–Crippen MR) is 87.1 cm³/mol. The molecule has 6 nitrogen and oxygen atoms in total. The zero-order valence-corrected chi connectivity index (χ0v) is 13.5. The van der Waals surface area contributed by atoms with E-state index in [1.54, 1.807) is 24.3 Å². The number of anilines is 2. The third-order valence-electron chi connectivity index (χ3n) is 2.40. The highest BCUT2D eigenvalue weighted by atomic mass is 35.5. The summed E-state index contributed by atoms with van der Waals surface area (Å²) in [6.45, 7) is 0.534. The van der Waals surface area contributed by atoms with Gasteiger partial charge in [-0.15, -0.1) is 23.2 Å². The Bertz CT molecular complexity index is 425. The lowest BCUT2D eigenvalue weighted by atomic mass is 10.3. The van der Waals surface area contributed by atoms with Gasteiger partial charge in [0.15, 0.2) is 0 Å². The first-order valence-corrected chi connectivity index (χ1v) is 7.82. The molecule has 0 aliphatic rings. The number of rotatable bonds is 8. The van der Waals surface area contributed by atoms with Gasteiger partial charge in [-0.2, -0.15) is 0 Å². The molecule has 2 amide bonds. The zero-order chi connectivity index (χ0) is 16.2. The molecule has 8 heteroatoms. The molecule has 0 spiro atoms. The Labute approximate surface area is 139 Å². The normalized spacial score (nSPS) is 9.91. The molecule has 122 valence electrons. The van der Waals surface area contributed by atoms with Crippen molar-refractivity contribution < 1.29 is 19.1 Å². The fraction of sp³-hybridized carbons (Fsp3) is 0.429. The van der Waals surface area contributed by atoms with Gasteiger partial charge in [-0.25, -0.2) is 9.59 Å². The minimum atomic E-state index is -0.550. The van der Waals surface area contributed by atoms with E-state index < -0.39 is 12.2 Å². The standard InChI is InChI=1S/C14H18Cl2N2O4/c15-7-1-9-21-13(19)17-11-3-5-12(6-4-11)18-14(20)22-10-2-8-16/h3-6H,1-2,7-10H2,(H,17,19)(H,18,20). The van der Waals surface area contributed by atoms with Crippen LogP contribution in [0.25, 0.3) is 0 Å². The Morgan fingerprint density at radius 3 is 1.50 bits per heavy atom. The topological polar surface area (TPSA) is 76.7 Å². The molecule has 0 heterocycles. The van der Waals surface area contributed by atoms with Crippen LogP contribution in [0.4, 0.5) is 21.0 Å². The van der Waals surface area contributed by atoms with E-state index in [1.165, 1.54) is 0 Å². The maximum Gasteiger partial charge on any atom is 0.411 e. The lowest BCUT2D eigenvalue weighted by Gasteiger charge is -2.08. The SMILES string of the molecule is O=C(Nc1ccc(NC(=O)OCCCCl)cc1)OCCCCl. The highest BCUT2D eigenvalue weighted by molar-refractivity contribution is 6.18. The van der Waals surface area contributed by atoms with Gasteiger partial charge in [-0.1, -0.05) is 0 Å². The van der Waals surface area contributed by atoms with Crippen LogP contribution in [0.5, 0.6) is 0 Å². The highest BCUT2D eigenvalue weighted by Gasteiger charge is 2.05. The molecule has 2 N–H and O–H groups in total. The lowest BCUT2D eigenvalue weighted by molar-refractivity contribution is 0.161. The molecule has 0 atom stereocenters. The minimum Gasteiger partial charge on any atom is -0.449 e. The van der Waals surface area contributed by atoms with E-state index in [4.69, 9.17) is 32.7 Å². The number of carbonyl (C=O) groups is 2. The molecule has 0 radical (unpaired) electrons. The van der Waals surface area contributed by atoms with Crippen molar-refractivity contribution in [2.75, 3.05) is 35.6 Å². The summed E-state index contributed by atoms with van der Waals surface area (Å²) < 4.78 is 9.80. The number of hydrogen-bond acceptors (Lipinski definition) is 4. The van der Waals surface area contributed by atoms with Crippen molar-refractivity contribution in [2.45, 2.75) is 12.8 Å². The van der Waals surface area contributed by atoms with E-state index in [0.717, 1.165) is 0 Å². The Morgan fingerprint density at radius 2 is 1.18 bits per heavy atom. The first-order chi connectivity index (χ1) is 10.7. The second kappa shape index (κ2) is 11.0. The third kappa shape index (κ3) is 7.95. The van der Waals surface area contributed by atoms with E-state index in [0.29, 0.717) is 36.0 Å². The Kier molecular flexibility index (Phi) is 9.18. The smallest absolute Gasteiger partial charge is 0.411 e. The summed E-state index contributed by atoms with van der Waals surface area (Å²) in [6.07, 6.45) is 0.102. The lowest BCUT2D eigenvalue weighted by Crippen LogP contribution is -2.15. The Balaban J connectivity index is 2.36. The number of carbonyl (C=O) groups excluding carboxylic acids is 2. The van der Waals surface area contributed by atoms with Crippen molar-refractivity contribution >= 4 is 46.8 Å². The number of nitrogens with one attached hydrogen (secondary N) is 2. The first-order valence-electron chi connectivity index (χ1n) is 6.75. The Morgan fingerprint density at radius 1 is 0.818 bits per heavy atom. The van der Waals surface area contributed by atoms with E-state index in [2.05, 4.69) is 10.6 Å². The van der Waals surface area contributed by atoms with Crippen LogP contribution in [0.3, 0.4) is 0 Å². The average Bonchev–Trinajstić information content (AvgIpc) is 2.50. The quantitative estimate of drug-likeness (QED) is 0.549. The Hall–Kier alpha value is -1.66. The minimum absolute atomic E-state index is 0.267. The zero-order valence-electron chi connectivity index (χ0n) is 11.9. The second-order valence-electron chi connectivity index (χ2n) is 4.18. The largest absolute Gasteiger partial charge is 0.449 e. The number of benzene rings is 1. The van der Waals surface area contributed by atoms with Crippen molar-refractivity contribution in [3.63, 3.8) is 0 Å². The van der Waals surface area contributed by atoms with Gasteiger partial charge in [0, 0.05) is 23.1 Å². The molecule has 0 aliphatic carbocycles. The van der Waals surface area contributed by atoms with Gasteiger partial charge in [0.05, 0.1) is 13.2 Å². The van der Waals surface area contributed by atoms with Gasteiger partial charge >= 0.3 is 12.2 Å². The fourth-order valence-corrected chi connectivity index (χ4v) is 1.60. The van der Waals surface area contributed by atoms with Gasteiger partial charge in [-0.3, -0.25) is 10.6 Å².